The van der Waals surface area contributed by atoms with Gasteiger partial charge in [0.05, 0.1) is 6.04 Å². The van der Waals surface area contributed by atoms with Crippen molar-refractivity contribution in [1.29, 1.82) is 0 Å². The largest absolute Gasteiger partial charge is 0.447 e. The van der Waals surface area contributed by atoms with Crippen LogP contribution in [-0.4, -0.2) is 42.5 Å². The lowest BCUT2D eigenvalue weighted by molar-refractivity contribution is -0.152. The highest BCUT2D eigenvalue weighted by Gasteiger charge is 2.37. The van der Waals surface area contributed by atoms with E-state index in [-0.39, 0.29) is 6.07 Å². The van der Waals surface area contributed by atoms with Crippen molar-refractivity contribution in [3.05, 3.63) is 0 Å². The Balaban J connectivity index is 2.50. The Labute approximate surface area is 111 Å². The van der Waals surface area contributed by atoms with E-state index in [0.29, 0.717) is 13.0 Å². The van der Waals surface area contributed by atoms with E-state index in [0.717, 1.165) is 0 Å². The molecule has 7 heteroatoms. The van der Waals surface area contributed by atoms with Crippen molar-refractivity contribution in [1.82, 2.24) is 5.32 Å². The van der Waals surface area contributed by atoms with Gasteiger partial charge >= 0.3 is 12.1 Å². The van der Waals surface area contributed by atoms with Gasteiger partial charge in [-0.25, -0.2) is 9.59 Å². The van der Waals surface area contributed by atoms with Crippen molar-refractivity contribution in [2.24, 2.45) is 0 Å². The molecule has 2 atom stereocenters. The van der Waals surface area contributed by atoms with E-state index in [1.807, 2.05) is 0 Å². The number of hydrogen-bond donors (Lipinski definition) is 1. The average molecular weight is 280 g/mol. The summed E-state index contributed by atoms with van der Waals surface area (Å²) in [7, 11) is 0. The monoisotopic (exact) mass is 279 g/mol. The first-order chi connectivity index (χ1) is 8.33. The van der Waals surface area contributed by atoms with Crippen LogP contribution in [-0.2, 0) is 19.0 Å². The number of ether oxygens (including phenoxy) is 3. The predicted molar refractivity (Wildman–Crippen MR) is 64.3 cm³/mol. The van der Waals surface area contributed by atoms with Gasteiger partial charge in [0.25, 0.3) is 0 Å². The van der Waals surface area contributed by atoms with E-state index in [4.69, 9.17) is 21.1 Å². The van der Waals surface area contributed by atoms with Crippen LogP contribution in [0.25, 0.3) is 0 Å². The summed E-state index contributed by atoms with van der Waals surface area (Å²) in [6.45, 7) is 5.66. The molecule has 1 N–H and O–H groups in total. The maximum atomic E-state index is 11.6. The molecule has 0 saturated carbocycles. The Morgan fingerprint density at radius 3 is 2.67 bits per heavy atom. The number of carbonyl (C=O) groups excluding carboxylic acids is 2. The minimum Gasteiger partial charge on any atom is -0.447 e. The van der Waals surface area contributed by atoms with E-state index in [2.05, 4.69) is 10.1 Å². The topological polar surface area (TPSA) is 73.9 Å². The van der Waals surface area contributed by atoms with E-state index < -0.39 is 29.8 Å². The number of esters is 1. The van der Waals surface area contributed by atoms with Crippen LogP contribution in [0.15, 0.2) is 0 Å². The summed E-state index contributed by atoms with van der Waals surface area (Å²) in [6.07, 6.45) is -0.876. The summed E-state index contributed by atoms with van der Waals surface area (Å²) in [4.78, 5) is 23.1. The molecule has 1 aliphatic rings. The van der Waals surface area contributed by atoms with Crippen molar-refractivity contribution < 1.29 is 23.8 Å². The van der Waals surface area contributed by atoms with Crippen molar-refractivity contribution in [2.45, 2.75) is 44.9 Å². The Hall–Kier alpha value is -1.01. The lowest BCUT2D eigenvalue weighted by Gasteiger charge is -2.23. The minimum atomic E-state index is -0.823. The molecule has 2 unspecified atom stereocenters. The molecule has 0 spiro atoms. The fourth-order valence-electron chi connectivity index (χ4n) is 1.56. The number of amides is 1. The molecule has 0 aromatic rings. The molecule has 1 amide bonds. The van der Waals surface area contributed by atoms with Crippen molar-refractivity contribution in [3.63, 3.8) is 0 Å². The summed E-state index contributed by atoms with van der Waals surface area (Å²) < 4.78 is 15.0. The zero-order valence-corrected chi connectivity index (χ0v) is 11.5. The number of alkyl carbamates (subject to hydrolysis) is 1. The van der Waals surface area contributed by atoms with Crippen LogP contribution in [0, 0.1) is 0 Å². The molecular formula is C11H18ClNO5. The van der Waals surface area contributed by atoms with Gasteiger partial charge in [0.2, 0.25) is 0 Å². The lowest BCUT2D eigenvalue weighted by Crippen LogP contribution is -2.46. The Morgan fingerprint density at radius 1 is 1.44 bits per heavy atom. The zero-order valence-electron chi connectivity index (χ0n) is 10.7. The molecule has 1 saturated heterocycles. The third-order valence-corrected chi connectivity index (χ3v) is 2.33. The predicted octanol–water partition coefficient (Wildman–Crippen LogP) is 1.41. The highest BCUT2D eigenvalue weighted by Crippen LogP contribution is 2.16. The molecular weight excluding hydrogens is 262 g/mol. The van der Waals surface area contributed by atoms with Gasteiger partial charge in [0.15, 0.2) is 12.2 Å². The lowest BCUT2D eigenvalue weighted by atomic mass is 10.1. The van der Waals surface area contributed by atoms with Gasteiger partial charge in [-0.05, 0) is 27.2 Å². The second kappa shape index (κ2) is 6.24. The van der Waals surface area contributed by atoms with Gasteiger partial charge in [-0.2, -0.15) is 0 Å². The second-order valence-electron chi connectivity index (χ2n) is 4.91. The van der Waals surface area contributed by atoms with Crippen LogP contribution >= 0.6 is 11.6 Å². The number of rotatable bonds is 3. The molecule has 0 aromatic heterocycles. The molecule has 0 bridgehead atoms. The van der Waals surface area contributed by atoms with Gasteiger partial charge in [-0.1, -0.05) is 11.6 Å². The maximum Gasteiger partial charge on any atom is 0.407 e. The van der Waals surface area contributed by atoms with E-state index >= 15 is 0 Å². The molecule has 6 nitrogen and oxygen atoms in total. The smallest absolute Gasteiger partial charge is 0.407 e. The van der Waals surface area contributed by atoms with Crippen LogP contribution in [0.4, 0.5) is 4.79 Å². The first kappa shape index (κ1) is 15.0. The van der Waals surface area contributed by atoms with Crippen molar-refractivity contribution >= 4 is 23.7 Å². The van der Waals surface area contributed by atoms with Crippen LogP contribution < -0.4 is 5.32 Å². The standard InChI is InChI=1S/C11H18ClNO5/c1-11(2,3)18-10(15)13-7-4-5-16-8(7)9(14)17-6-12/h7-8H,4-6H2,1-3H3,(H,13,15). The molecule has 1 fully saturated rings. The molecule has 1 rings (SSSR count). The van der Waals surface area contributed by atoms with Crippen LogP contribution in [0.2, 0.25) is 0 Å². The van der Waals surface area contributed by atoms with E-state index in [1.165, 1.54) is 0 Å². The van der Waals surface area contributed by atoms with Gasteiger partial charge in [-0.15, -0.1) is 0 Å². The van der Waals surface area contributed by atoms with Gasteiger partial charge < -0.3 is 19.5 Å². The normalized spacial score (nSPS) is 23.6. The maximum absolute atomic E-state index is 11.6. The average Bonchev–Trinajstić information content (AvgIpc) is 2.62. The molecule has 1 heterocycles. The SMILES string of the molecule is CC(C)(C)OC(=O)NC1CCOC1C(=O)OCCl. The van der Waals surface area contributed by atoms with Crippen molar-refractivity contribution in [3.8, 4) is 0 Å². The van der Waals surface area contributed by atoms with Crippen LogP contribution in [0.1, 0.15) is 27.2 Å². The molecule has 0 radical (unpaired) electrons. The number of hydrogen-bond acceptors (Lipinski definition) is 5. The summed E-state index contributed by atoms with van der Waals surface area (Å²) in [6, 6.07) is -0.687. The van der Waals surface area contributed by atoms with E-state index in [1.54, 1.807) is 20.8 Å². The number of alkyl halides is 1. The van der Waals surface area contributed by atoms with Crippen LogP contribution in [0.3, 0.4) is 0 Å². The fraction of sp³-hybridized carbons (Fsp3) is 0.818. The van der Waals surface area contributed by atoms with Gasteiger partial charge in [-0.3, -0.25) is 0 Å². The fourth-order valence-corrected chi connectivity index (χ4v) is 1.67. The highest BCUT2D eigenvalue weighted by atomic mass is 35.5. The summed E-state index contributed by atoms with van der Waals surface area (Å²) in [5, 5.41) is 2.59. The number of halogens is 1. The highest BCUT2D eigenvalue weighted by molar-refractivity contribution is 6.17. The van der Waals surface area contributed by atoms with E-state index in [9.17, 15) is 9.59 Å². The Bertz CT molecular complexity index is 315. The molecule has 1 aliphatic heterocycles. The van der Waals surface area contributed by atoms with Crippen molar-refractivity contribution in [2.75, 3.05) is 12.7 Å². The summed E-state index contributed by atoms with van der Waals surface area (Å²) in [5.41, 5.74) is -0.588. The third kappa shape index (κ3) is 4.70. The minimum absolute atomic E-state index is 0.238. The Morgan fingerprint density at radius 2 is 2.11 bits per heavy atom. The molecule has 0 aromatic carbocycles. The third-order valence-electron chi connectivity index (χ3n) is 2.22. The second-order valence-corrected chi connectivity index (χ2v) is 5.12. The first-order valence-corrected chi connectivity index (χ1v) is 6.20. The summed E-state index contributed by atoms with van der Waals surface area (Å²) in [5.74, 6) is -0.580. The summed E-state index contributed by atoms with van der Waals surface area (Å²) >= 11 is 5.30. The zero-order chi connectivity index (χ0) is 13.8. The quantitative estimate of drug-likeness (QED) is 0.624. The molecule has 104 valence electrons. The molecule has 18 heavy (non-hydrogen) atoms. The Kier molecular flexibility index (Phi) is 5.22. The number of carbonyl (C=O) groups is 2. The van der Waals surface area contributed by atoms with Crippen LogP contribution in [0.5, 0.6) is 0 Å². The van der Waals surface area contributed by atoms with Gasteiger partial charge in [0, 0.05) is 6.61 Å². The number of nitrogens with one attached hydrogen (secondary N) is 1. The van der Waals surface area contributed by atoms with Gasteiger partial charge in [0.1, 0.15) is 5.60 Å². The molecule has 0 aliphatic carbocycles. The first-order valence-electron chi connectivity index (χ1n) is 5.67.